The van der Waals surface area contributed by atoms with Crippen molar-refractivity contribution in [2.45, 2.75) is 13.8 Å². The highest BCUT2D eigenvalue weighted by molar-refractivity contribution is 8.27. The van der Waals surface area contributed by atoms with Crippen molar-refractivity contribution in [2.24, 2.45) is 0 Å². The standard InChI is InChI=1S/C27H22Cl2N2O4S2/c1-3-34-23-12-17(13-24-26(33)31(27(36)37-24)19-6-4-5-16(2)11-19)7-10-22(23)35-15-25(32)30-21-9-8-18(28)14-20(21)29/h4-14H,3,15H2,1-2H3,(H,30,32)/b24-13-. The van der Waals surface area contributed by atoms with Crippen molar-refractivity contribution in [3.05, 3.63) is 86.7 Å². The summed E-state index contributed by atoms with van der Waals surface area (Å²) in [5, 5.41) is 3.48. The molecule has 1 N–H and O–H groups in total. The second-order valence-electron chi connectivity index (χ2n) is 7.96. The SMILES string of the molecule is CCOc1cc(/C=C2\SC(=S)N(c3cccc(C)c3)C2=O)ccc1OCC(=O)Nc1ccc(Cl)cc1Cl. The number of aryl methyl sites for hydroxylation is 1. The van der Waals surface area contributed by atoms with E-state index >= 15 is 0 Å². The lowest BCUT2D eigenvalue weighted by atomic mass is 10.1. The smallest absolute Gasteiger partial charge is 0.270 e. The van der Waals surface area contributed by atoms with Crippen LogP contribution in [0.2, 0.25) is 10.0 Å². The maximum Gasteiger partial charge on any atom is 0.270 e. The average molecular weight is 574 g/mol. The number of rotatable bonds is 8. The summed E-state index contributed by atoms with van der Waals surface area (Å²) in [6, 6.07) is 17.7. The topological polar surface area (TPSA) is 67.9 Å². The molecule has 3 aromatic carbocycles. The monoisotopic (exact) mass is 572 g/mol. The van der Waals surface area contributed by atoms with Gasteiger partial charge in [-0.2, -0.15) is 0 Å². The fraction of sp³-hybridized carbons (Fsp3) is 0.148. The molecule has 0 atom stereocenters. The van der Waals surface area contributed by atoms with Gasteiger partial charge in [0.2, 0.25) is 0 Å². The molecule has 37 heavy (non-hydrogen) atoms. The van der Waals surface area contributed by atoms with Gasteiger partial charge < -0.3 is 14.8 Å². The zero-order valence-corrected chi connectivity index (χ0v) is 23.1. The van der Waals surface area contributed by atoms with Gasteiger partial charge in [-0.1, -0.05) is 65.4 Å². The number of nitrogens with one attached hydrogen (secondary N) is 1. The maximum atomic E-state index is 13.1. The van der Waals surface area contributed by atoms with Crippen LogP contribution in [0.15, 0.2) is 65.6 Å². The first-order valence-electron chi connectivity index (χ1n) is 11.2. The fourth-order valence-corrected chi connectivity index (χ4v) is 5.29. The van der Waals surface area contributed by atoms with Gasteiger partial charge in [-0.15, -0.1) is 0 Å². The van der Waals surface area contributed by atoms with Crippen molar-refractivity contribution in [1.82, 2.24) is 0 Å². The number of hydrogen-bond acceptors (Lipinski definition) is 6. The van der Waals surface area contributed by atoms with Crippen LogP contribution in [0.3, 0.4) is 0 Å². The van der Waals surface area contributed by atoms with Crippen molar-refractivity contribution in [3.8, 4) is 11.5 Å². The molecule has 0 spiro atoms. The van der Waals surface area contributed by atoms with Crippen LogP contribution in [0.25, 0.3) is 6.08 Å². The number of hydrogen-bond donors (Lipinski definition) is 1. The van der Waals surface area contributed by atoms with Gasteiger partial charge in [-0.3, -0.25) is 14.5 Å². The Kier molecular flexibility index (Phi) is 8.76. The van der Waals surface area contributed by atoms with E-state index in [1.807, 2.05) is 38.1 Å². The Morgan fingerprint density at radius 3 is 2.62 bits per heavy atom. The zero-order chi connectivity index (χ0) is 26.5. The minimum atomic E-state index is -0.393. The molecule has 4 rings (SSSR count). The summed E-state index contributed by atoms with van der Waals surface area (Å²) in [4.78, 5) is 27.5. The van der Waals surface area contributed by atoms with Crippen LogP contribution in [0.4, 0.5) is 11.4 Å². The molecule has 10 heteroatoms. The van der Waals surface area contributed by atoms with Crippen molar-refractivity contribution >= 4 is 80.8 Å². The number of thioether (sulfide) groups is 1. The number of thiocarbonyl (C=S) groups is 1. The molecule has 1 fully saturated rings. The van der Waals surface area contributed by atoms with Crippen LogP contribution in [0.1, 0.15) is 18.1 Å². The van der Waals surface area contributed by atoms with E-state index in [0.29, 0.717) is 43.1 Å². The lowest BCUT2D eigenvalue weighted by molar-refractivity contribution is -0.118. The fourth-order valence-electron chi connectivity index (χ4n) is 3.53. The van der Waals surface area contributed by atoms with E-state index in [-0.39, 0.29) is 12.5 Å². The first kappa shape index (κ1) is 27.0. The Balaban J connectivity index is 1.48. The first-order chi connectivity index (χ1) is 17.7. The zero-order valence-electron chi connectivity index (χ0n) is 19.9. The van der Waals surface area contributed by atoms with E-state index in [1.54, 1.807) is 42.5 Å². The summed E-state index contributed by atoms with van der Waals surface area (Å²) in [7, 11) is 0. The summed E-state index contributed by atoms with van der Waals surface area (Å²) >= 11 is 18.7. The largest absolute Gasteiger partial charge is 0.490 e. The molecule has 0 radical (unpaired) electrons. The average Bonchev–Trinajstić information content (AvgIpc) is 3.13. The Morgan fingerprint density at radius 1 is 1.08 bits per heavy atom. The van der Waals surface area contributed by atoms with Gasteiger partial charge in [0.25, 0.3) is 11.8 Å². The molecule has 0 bridgehead atoms. The number of carbonyl (C=O) groups excluding carboxylic acids is 2. The second kappa shape index (κ2) is 12.0. The molecule has 1 aliphatic rings. The van der Waals surface area contributed by atoms with Crippen LogP contribution in [0.5, 0.6) is 11.5 Å². The summed E-state index contributed by atoms with van der Waals surface area (Å²) in [6.45, 7) is 3.94. The molecule has 0 aromatic heterocycles. The highest BCUT2D eigenvalue weighted by Crippen LogP contribution is 2.37. The van der Waals surface area contributed by atoms with Gasteiger partial charge in [0.05, 0.1) is 27.9 Å². The van der Waals surface area contributed by atoms with Gasteiger partial charge in [-0.25, -0.2) is 0 Å². The van der Waals surface area contributed by atoms with Crippen LogP contribution in [-0.4, -0.2) is 29.3 Å². The molecular weight excluding hydrogens is 551 g/mol. The predicted octanol–water partition coefficient (Wildman–Crippen LogP) is 7.12. The van der Waals surface area contributed by atoms with Crippen molar-refractivity contribution in [1.29, 1.82) is 0 Å². The van der Waals surface area contributed by atoms with Gasteiger partial charge in [-0.05, 0) is 73.5 Å². The van der Waals surface area contributed by atoms with Crippen LogP contribution < -0.4 is 19.7 Å². The number of amides is 2. The molecule has 190 valence electrons. The molecule has 3 aromatic rings. The van der Waals surface area contributed by atoms with E-state index < -0.39 is 5.91 Å². The second-order valence-corrected chi connectivity index (χ2v) is 10.5. The molecule has 6 nitrogen and oxygen atoms in total. The number of benzene rings is 3. The van der Waals surface area contributed by atoms with Crippen LogP contribution >= 0.6 is 47.2 Å². The Morgan fingerprint density at radius 2 is 1.89 bits per heavy atom. The number of anilines is 2. The van der Waals surface area contributed by atoms with Crippen molar-refractivity contribution in [2.75, 3.05) is 23.4 Å². The lowest BCUT2D eigenvalue weighted by Gasteiger charge is -2.15. The summed E-state index contributed by atoms with van der Waals surface area (Å²) in [5.74, 6) is 0.262. The summed E-state index contributed by atoms with van der Waals surface area (Å²) < 4.78 is 11.9. The molecule has 2 amide bonds. The number of ether oxygens (including phenoxy) is 2. The minimum Gasteiger partial charge on any atom is -0.490 e. The Bertz CT molecular complexity index is 1410. The highest BCUT2D eigenvalue weighted by Gasteiger charge is 2.33. The minimum absolute atomic E-state index is 0.184. The Labute approximate surface area is 234 Å². The van der Waals surface area contributed by atoms with E-state index in [4.69, 9.17) is 44.9 Å². The summed E-state index contributed by atoms with van der Waals surface area (Å²) in [5.41, 5.74) is 2.95. The molecule has 1 heterocycles. The molecular formula is C27H22Cl2N2O4S2. The van der Waals surface area contributed by atoms with Crippen molar-refractivity contribution in [3.63, 3.8) is 0 Å². The van der Waals surface area contributed by atoms with Gasteiger partial charge in [0, 0.05) is 5.02 Å². The molecule has 1 aliphatic heterocycles. The third-order valence-corrected chi connectivity index (χ3v) is 7.03. The van der Waals surface area contributed by atoms with E-state index in [1.165, 1.54) is 16.7 Å². The van der Waals surface area contributed by atoms with Gasteiger partial charge in [0.15, 0.2) is 22.4 Å². The number of halogens is 2. The third kappa shape index (κ3) is 6.64. The number of nitrogens with zero attached hydrogens (tertiary/aromatic N) is 1. The van der Waals surface area contributed by atoms with Gasteiger partial charge >= 0.3 is 0 Å². The van der Waals surface area contributed by atoms with E-state index in [9.17, 15) is 9.59 Å². The van der Waals surface area contributed by atoms with E-state index in [0.717, 1.165) is 16.8 Å². The third-order valence-electron chi connectivity index (χ3n) is 5.18. The van der Waals surface area contributed by atoms with Crippen LogP contribution in [-0.2, 0) is 9.59 Å². The molecule has 1 saturated heterocycles. The maximum absolute atomic E-state index is 13.1. The predicted molar refractivity (Wildman–Crippen MR) is 155 cm³/mol. The Hall–Kier alpha value is -3.04. The van der Waals surface area contributed by atoms with Crippen molar-refractivity contribution < 1.29 is 19.1 Å². The van der Waals surface area contributed by atoms with Crippen LogP contribution in [0, 0.1) is 6.92 Å². The normalized spacial score (nSPS) is 14.3. The van der Waals surface area contributed by atoms with E-state index in [2.05, 4.69) is 5.32 Å². The highest BCUT2D eigenvalue weighted by atomic mass is 35.5. The van der Waals surface area contributed by atoms with Gasteiger partial charge in [0.1, 0.15) is 0 Å². The first-order valence-corrected chi connectivity index (χ1v) is 13.2. The summed E-state index contributed by atoms with van der Waals surface area (Å²) in [6.07, 6.45) is 1.76. The lowest BCUT2D eigenvalue weighted by Crippen LogP contribution is -2.27. The number of carbonyl (C=O) groups is 2. The molecule has 0 saturated carbocycles. The molecule has 0 aliphatic carbocycles. The quantitative estimate of drug-likeness (QED) is 0.229. The molecule has 0 unspecified atom stereocenters.